The predicted molar refractivity (Wildman–Crippen MR) is 68.9 cm³/mol. The zero-order valence-corrected chi connectivity index (χ0v) is 10.5. The number of guanidine groups is 1. The Bertz CT molecular complexity index is 340. The highest BCUT2D eigenvalue weighted by molar-refractivity contribution is 5.80. The molecule has 4 nitrogen and oxygen atoms in total. The summed E-state index contributed by atoms with van der Waals surface area (Å²) in [6.45, 7) is 6.01. The fraction of sp³-hybridized carbons (Fsp3) is 0.615. The van der Waals surface area contributed by atoms with Crippen LogP contribution in [0, 0.1) is 0 Å². The SMILES string of the molecule is CCCNC(=NCc1ccco1)N1CCCC1. The Kier molecular flexibility index (Phi) is 4.47. The van der Waals surface area contributed by atoms with E-state index < -0.39 is 0 Å². The monoisotopic (exact) mass is 235 g/mol. The highest BCUT2D eigenvalue weighted by Gasteiger charge is 2.15. The molecule has 1 aromatic heterocycles. The average molecular weight is 235 g/mol. The van der Waals surface area contributed by atoms with Crippen LogP contribution < -0.4 is 5.32 Å². The van der Waals surface area contributed by atoms with Gasteiger partial charge in [-0.15, -0.1) is 0 Å². The predicted octanol–water partition coefficient (Wildman–Crippen LogP) is 2.23. The molecule has 1 saturated heterocycles. The van der Waals surface area contributed by atoms with Gasteiger partial charge in [0.05, 0.1) is 6.26 Å². The molecule has 1 aliphatic rings. The summed E-state index contributed by atoms with van der Waals surface area (Å²) in [7, 11) is 0. The molecule has 0 spiro atoms. The van der Waals surface area contributed by atoms with Crippen molar-refractivity contribution in [2.45, 2.75) is 32.7 Å². The number of likely N-dealkylation sites (tertiary alicyclic amines) is 1. The van der Waals surface area contributed by atoms with Crippen LogP contribution in [0.4, 0.5) is 0 Å². The normalized spacial score (nSPS) is 16.5. The van der Waals surface area contributed by atoms with Crippen LogP contribution in [0.15, 0.2) is 27.8 Å². The van der Waals surface area contributed by atoms with Crippen molar-refractivity contribution < 1.29 is 4.42 Å². The maximum absolute atomic E-state index is 5.30. The van der Waals surface area contributed by atoms with E-state index >= 15 is 0 Å². The van der Waals surface area contributed by atoms with Crippen LogP contribution in [0.3, 0.4) is 0 Å². The highest BCUT2D eigenvalue weighted by atomic mass is 16.3. The number of rotatable bonds is 4. The van der Waals surface area contributed by atoms with Gasteiger partial charge < -0.3 is 14.6 Å². The van der Waals surface area contributed by atoms with Crippen molar-refractivity contribution in [2.75, 3.05) is 19.6 Å². The van der Waals surface area contributed by atoms with Gasteiger partial charge in [-0.05, 0) is 31.4 Å². The molecular formula is C13H21N3O. The number of furan rings is 1. The van der Waals surface area contributed by atoms with Gasteiger partial charge in [-0.1, -0.05) is 6.92 Å². The molecule has 0 unspecified atom stereocenters. The number of aliphatic imine (C=N–C) groups is 1. The summed E-state index contributed by atoms with van der Waals surface area (Å²) >= 11 is 0. The molecule has 1 aliphatic heterocycles. The third-order valence-corrected chi connectivity index (χ3v) is 2.90. The first kappa shape index (κ1) is 12.0. The molecule has 2 heterocycles. The molecule has 0 bridgehead atoms. The summed E-state index contributed by atoms with van der Waals surface area (Å²) in [5.41, 5.74) is 0. The molecule has 4 heteroatoms. The van der Waals surface area contributed by atoms with E-state index in [-0.39, 0.29) is 0 Å². The largest absolute Gasteiger partial charge is 0.467 e. The minimum absolute atomic E-state index is 0.621. The van der Waals surface area contributed by atoms with Crippen LogP contribution in [0.5, 0.6) is 0 Å². The Balaban J connectivity index is 1.95. The molecule has 2 rings (SSSR count). The lowest BCUT2D eigenvalue weighted by molar-refractivity contribution is 0.481. The molecule has 1 N–H and O–H groups in total. The first-order chi connectivity index (χ1) is 8.40. The van der Waals surface area contributed by atoms with Crippen LogP contribution in [-0.4, -0.2) is 30.5 Å². The molecule has 0 radical (unpaired) electrons. The summed E-state index contributed by atoms with van der Waals surface area (Å²) in [5, 5.41) is 3.41. The van der Waals surface area contributed by atoms with Gasteiger partial charge in [-0.3, -0.25) is 0 Å². The van der Waals surface area contributed by atoms with E-state index in [1.165, 1.54) is 12.8 Å². The molecule has 17 heavy (non-hydrogen) atoms. The molecule has 0 amide bonds. The second-order valence-electron chi connectivity index (χ2n) is 4.34. The summed E-state index contributed by atoms with van der Waals surface area (Å²) < 4.78 is 5.30. The van der Waals surface area contributed by atoms with Crippen molar-refractivity contribution in [3.8, 4) is 0 Å². The minimum Gasteiger partial charge on any atom is -0.467 e. The van der Waals surface area contributed by atoms with Crippen LogP contribution in [0.2, 0.25) is 0 Å². The summed E-state index contributed by atoms with van der Waals surface area (Å²) in [6.07, 6.45) is 5.36. The zero-order chi connectivity index (χ0) is 11.9. The van der Waals surface area contributed by atoms with Gasteiger partial charge in [0.2, 0.25) is 0 Å². The van der Waals surface area contributed by atoms with E-state index in [9.17, 15) is 0 Å². The Morgan fingerprint density at radius 2 is 2.29 bits per heavy atom. The Hall–Kier alpha value is -1.45. The molecule has 0 aromatic carbocycles. The van der Waals surface area contributed by atoms with E-state index in [2.05, 4.69) is 22.1 Å². The van der Waals surface area contributed by atoms with Crippen LogP contribution in [-0.2, 0) is 6.54 Å². The van der Waals surface area contributed by atoms with Crippen molar-refractivity contribution in [3.63, 3.8) is 0 Å². The van der Waals surface area contributed by atoms with Gasteiger partial charge in [-0.25, -0.2) is 4.99 Å². The number of nitrogens with one attached hydrogen (secondary N) is 1. The number of hydrogen-bond acceptors (Lipinski definition) is 2. The fourth-order valence-electron chi connectivity index (χ4n) is 1.99. The summed E-state index contributed by atoms with van der Waals surface area (Å²) in [5.74, 6) is 1.95. The van der Waals surface area contributed by atoms with Gasteiger partial charge in [0, 0.05) is 19.6 Å². The van der Waals surface area contributed by atoms with Crippen molar-refractivity contribution >= 4 is 5.96 Å². The second kappa shape index (κ2) is 6.33. The van der Waals surface area contributed by atoms with Gasteiger partial charge in [-0.2, -0.15) is 0 Å². The third kappa shape index (κ3) is 3.51. The molecule has 94 valence electrons. The molecule has 1 aromatic rings. The second-order valence-corrected chi connectivity index (χ2v) is 4.34. The topological polar surface area (TPSA) is 40.8 Å². The van der Waals surface area contributed by atoms with E-state index in [0.29, 0.717) is 6.54 Å². The molecule has 0 atom stereocenters. The van der Waals surface area contributed by atoms with Gasteiger partial charge in [0.1, 0.15) is 12.3 Å². The fourth-order valence-corrected chi connectivity index (χ4v) is 1.99. The number of nitrogens with zero attached hydrogens (tertiary/aromatic N) is 2. The molecule has 0 saturated carbocycles. The molecular weight excluding hydrogens is 214 g/mol. The lowest BCUT2D eigenvalue weighted by Crippen LogP contribution is -2.40. The zero-order valence-electron chi connectivity index (χ0n) is 10.5. The average Bonchev–Trinajstić information content (AvgIpc) is 3.01. The highest BCUT2D eigenvalue weighted by Crippen LogP contribution is 2.09. The Morgan fingerprint density at radius 3 is 2.94 bits per heavy atom. The van der Waals surface area contributed by atoms with E-state index in [1.54, 1.807) is 6.26 Å². The molecule has 1 fully saturated rings. The Morgan fingerprint density at radius 1 is 1.47 bits per heavy atom. The smallest absolute Gasteiger partial charge is 0.194 e. The van der Waals surface area contributed by atoms with Crippen molar-refractivity contribution in [1.82, 2.24) is 10.2 Å². The molecule has 0 aliphatic carbocycles. The maximum Gasteiger partial charge on any atom is 0.194 e. The maximum atomic E-state index is 5.30. The summed E-state index contributed by atoms with van der Waals surface area (Å²) in [4.78, 5) is 6.96. The van der Waals surface area contributed by atoms with E-state index in [0.717, 1.165) is 37.8 Å². The quantitative estimate of drug-likeness (QED) is 0.642. The van der Waals surface area contributed by atoms with Crippen LogP contribution >= 0.6 is 0 Å². The van der Waals surface area contributed by atoms with Gasteiger partial charge in [0.15, 0.2) is 5.96 Å². The van der Waals surface area contributed by atoms with Crippen molar-refractivity contribution in [3.05, 3.63) is 24.2 Å². The van der Waals surface area contributed by atoms with Crippen LogP contribution in [0.25, 0.3) is 0 Å². The van der Waals surface area contributed by atoms with Gasteiger partial charge in [0.25, 0.3) is 0 Å². The Labute approximate surface area is 103 Å². The summed E-state index contributed by atoms with van der Waals surface area (Å²) in [6, 6.07) is 3.87. The first-order valence-electron chi connectivity index (χ1n) is 6.46. The minimum atomic E-state index is 0.621. The third-order valence-electron chi connectivity index (χ3n) is 2.90. The number of hydrogen-bond donors (Lipinski definition) is 1. The standard InChI is InChI=1S/C13H21N3O/c1-2-7-14-13(16-8-3-4-9-16)15-11-12-6-5-10-17-12/h5-6,10H,2-4,7-9,11H2,1H3,(H,14,15). The van der Waals surface area contributed by atoms with Crippen molar-refractivity contribution in [1.29, 1.82) is 0 Å². The van der Waals surface area contributed by atoms with E-state index in [1.807, 2.05) is 12.1 Å². The lowest BCUT2D eigenvalue weighted by Gasteiger charge is -2.20. The van der Waals surface area contributed by atoms with E-state index in [4.69, 9.17) is 4.42 Å². The first-order valence-corrected chi connectivity index (χ1v) is 6.46. The van der Waals surface area contributed by atoms with Gasteiger partial charge >= 0.3 is 0 Å². The van der Waals surface area contributed by atoms with Crippen molar-refractivity contribution in [2.24, 2.45) is 4.99 Å². The van der Waals surface area contributed by atoms with Crippen LogP contribution in [0.1, 0.15) is 31.9 Å². The lowest BCUT2D eigenvalue weighted by atomic mass is 10.4.